The Morgan fingerprint density at radius 1 is 0.485 bits per heavy atom. The van der Waals surface area contributed by atoms with E-state index < -0.39 is 0 Å². The zero-order valence-corrected chi connectivity index (χ0v) is 20.9. The number of hydrogen-bond acceptors (Lipinski definition) is 0. The summed E-state index contributed by atoms with van der Waals surface area (Å²) in [6, 6.07) is 33.5. The Morgan fingerprint density at radius 2 is 0.818 bits per heavy atom. The molecule has 0 unspecified atom stereocenters. The molecule has 0 amide bonds. The molecule has 0 aliphatic carbocycles. The fraction of sp³-hybridized carbons (Fsp3) is 0.394. The van der Waals surface area contributed by atoms with Crippen molar-refractivity contribution >= 4 is 0 Å². The molecule has 3 rings (SSSR count). The second kappa shape index (κ2) is 16.1. The van der Waals surface area contributed by atoms with Gasteiger partial charge in [-0.2, -0.15) is 0 Å². The molecule has 0 saturated carbocycles. The van der Waals surface area contributed by atoms with Crippen LogP contribution in [-0.2, 0) is 19.3 Å². The molecule has 0 aliphatic rings. The number of benzene rings is 3. The molecular weight excluding hydrogens is 396 g/mol. The topological polar surface area (TPSA) is 0 Å². The minimum Gasteiger partial charge on any atom is -0.106 e. The molecule has 0 N–H and O–H groups in total. The Morgan fingerprint density at radius 3 is 1.18 bits per heavy atom. The van der Waals surface area contributed by atoms with Crippen LogP contribution in [0.15, 0.2) is 104 Å². The van der Waals surface area contributed by atoms with Crippen LogP contribution in [0.4, 0.5) is 0 Å². The number of unbranched alkanes of at least 4 members (excludes halogenated alkanes) is 6. The van der Waals surface area contributed by atoms with Crippen molar-refractivity contribution in [2.24, 2.45) is 5.41 Å². The van der Waals surface area contributed by atoms with Gasteiger partial charge in [0.15, 0.2) is 0 Å². The Labute approximate surface area is 203 Å². The molecule has 176 valence electrons. The van der Waals surface area contributed by atoms with E-state index >= 15 is 0 Å². The Kier molecular flexibility index (Phi) is 13.0. The van der Waals surface area contributed by atoms with Gasteiger partial charge in [0, 0.05) is 0 Å². The predicted molar refractivity (Wildman–Crippen MR) is 147 cm³/mol. The van der Waals surface area contributed by atoms with Gasteiger partial charge in [0.25, 0.3) is 0 Å². The highest BCUT2D eigenvalue weighted by Gasteiger charge is 2.30. The highest BCUT2D eigenvalue weighted by atomic mass is 14.3. The van der Waals surface area contributed by atoms with Gasteiger partial charge in [-0.25, -0.2) is 0 Å². The van der Waals surface area contributed by atoms with Crippen LogP contribution in [0.1, 0.15) is 75.0 Å². The van der Waals surface area contributed by atoms with E-state index in [1.165, 1.54) is 68.1 Å². The van der Waals surface area contributed by atoms with Crippen molar-refractivity contribution in [3.05, 3.63) is 121 Å². The summed E-state index contributed by atoms with van der Waals surface area (Å²) in [5.41, 5.74) is 4.67. The SMILES string of the molecule is C=C.CCCCCCCCCC(Cc1ccccc1)(Cc1ccccc1)Cc1ccccc1. The lowest BCUT2D eigenvalue weighted by molar-refractivity contribution is 0.243. The molecule has 0 heteroatoms. The normalized spacial score (nSPS) is 10.9. The zero-order chi connectivity index (χ0) is 23.6. The molecule has 0 aromatic heterocycles. The first-order chi connectivity index (χ1) is 16.3. The lowest BCUT2D eigenvalue weighted by atomic mass is 9.69. The first kappa shape index (κ1) is 26.7. The second-order valence-electron chi connectivity index (χ2n) is 9.36. The van der Waals surface area contributed by atoms with E-state index in [1.807, 2.05) is 0 Å². The van der Waals surface area contributed by atoms with Gasteiger partial charge < -0.3 is 0 Å². The summed E-state index contributed by atoms with van der Waals surface area (Å²) < 4.78 is 0. The molecule has 3 aromatic rings. The molecule has 0 nitrogen and oxygen atoms in total. The minimum atomic E-state index is 0.257. The number of hydrogen-bond donors (Lipinski definition) is 0. The molecular formula is C33H44. The zero-order valence-electron chi connectivity index (χ0n) is 20.9. The maximum absolute atomic E-state index is 3.00. The summed E-state index contributed by atoms with van der Waals surface area (Å²) in [6.07, 6.45) is 14.3. The summed E-state index contributed by atoms with van der Waals surface area (Å²) in [7, 11) is 0. The van der Waals surface area contributed by atoms with Crippen LogP contribution in [0, 0.1) is 5.41 Å². The lowest BCUT2D eigenvalue weighted by Crippen LogP contribution is -2.30. The highest BCUT2D eigenvalue weighted by molar-refractivity contribution is 5.24. The van der Waals surface area contributed by atoms with Gasteiger partial charge in [0.2, 0.25) is 0 Å². The van der Waals surface area contributed by atoms with Crippen molar-refractivity contribution in [2.45, 2.75) is 77.6 Å². The van der Waals surface area contributed by atoms with Crippen LogP contribution in [-0.4, -0.2) is 0 Å². The third kappa shape index (κ3) is 10.3. The van der Waals surface area contributed by atoms with Crippen LogP contribution in [0.3, 0.4) is 0 Å². The minimum absolute atomic E-state index is 0.257. The van der Waals surface area contributed by atoms with E-state index in [4.69, 9.17) is 0 Å². The van der Waals surface area contributed by atoms with Crippen LogP contribution in [0.2, 0.25) is 0 Å². The van der Waals surface area contributed by atoms with Crippen molar-refractivity contribution in [3.63, 3.8) is 0 Å². The van der Waals surface area contributed by atoms with Gasteiger partial charge in [-0.15, -0.1) is 13.2 Å². The maximum atomic E-state index is 3.00. The molecule has 0 fully saturated rings. The molecule has 0 bridgehead atoms. The van der Waals surface area contributed by atoms with Crippen molar-refractivity contribution in [1.82, 2.24) is 0 Å². The monoisotopic (exact) mass is 440 g/mol. The Hall–Kier alpha value is -2.60. The van der Waals surface area contributed by atoms with E-state index in [9.17, 15) is 0 Å². The number of rotatable bonds is 14. The molecule has 0 atom stereocenters. The van der Waals surface area contributed by atoms with Crippen LogP contribution in [0.5, 0.6) is 0 Å². The van der Waals surface area contributed by atoms with E-state index in [2.05, 4.69) is 111 Å². The van der Waals surface area contributed by atoms with Gasteiger partial charge in [0.05, 0.1) is 0 Å². The van der Waals surface area contributed by atoms with Gasteiger partial charge in [0.1, 0.15) is 0 Å². The molecule has 33 heavy (non-hydrogen) atoms. The van der Waals surface area contributed by atoms with Gasteiger partial charge >= 0.3 is 0 Å². The second-order valence-corrected chi connectivity index (χ2v) is 9.36. The van der Waals surface area contributed by atoms with Crippen LogP contribution in [0.25, 0.3) is 0 Å². The van der Waals surface area contributed by atoms with E-state index in [0.29, 0.717) is 0 Å². The van der Waals surface area contributed by atoms with Crippen LogP contribution < -0.4 is 0 Å². The first-order valence-electron chi connectivity index (χ1n) is 12.9. The average molecular weight is 441 g/mol. The quantitative estimate of drug-likeness (QED) is 0.173. The van der Waals surface area contributed by atoms with Crippen molar-refractivity contribution in [1.29, 1.82) is 0 Å². The Bertz CT molecular complexity index is 734. The standard InChI is InChI=1S/C31H40.C2H4/c1-2-3-4-5-6-7-17-24-31(25-28-18-11-8-12-19-28,26-29-20-13-9-14-21-29)27-30-22-15-10-16-23-30;1-2/h8-16,18-23H,2-7,17,24-27H2,1H3;1-2H2. The summed E-state index contributed by atoms with van der Waals surface area (Å²) in [4.78, 5) is 0. The summed E-state index contributed by atoms with van der Waals surface area (Å²) >= 11 is 0. The summed E-state index contributed by atoms with van der Waals surface area (Å²) in [5.74, 6) is 0. The summed E-state index contributed by atoms with van der Waals surface area (Å²) in [6.45, 7) is 8.30. The molecule has 0 saturated heterocycles. The smallest absolute Gasteiger partial charge is 0.0176 e. The molecule has 0 aliphatic heterocycles. The largest absolute Gasteiger partial charge is 0.106 e. The maximum Gasteiger partial charge on any atom is -0.0176 e. The average Bonchev–Trinajstić information content (AvgIpc) is 2.86. The van der Waals surface area contributed by atoms with Crippen LogP contribution >= 0.6 is 0 Å². The molecule has 0 heterocycles. The van der Waals surface area contributed by atoms with Crippen molar-refractivity contribution in [3.8, 4) is 0 Å². The van der Waals surface area contributed by atoms with E-state index in [1.54, 1.807) is 0 Å². The fourth-order valence-electron chi connectivity index (χ4n) is 5.00. The molecule has 0 spiro atoms. The van der Waals surface area contributed by atoms with E-state index in [-0.39, 0.29) is 5.41 Å². The third-order valence-electron chi connectivity index (χ3n) is 6.58. The lowest BCUT2D eigenvalue weighted by Gasteiger charge is -2.35. The predicted octanol–water partition coefficient (Wildman–Crippen LogP) is 9.64. The van der Waals surface area contributed by atoms with Gasteiger partial charge in [-0.1, -0.05) is 143 Å². The molecule has 3 aromatic carbocycles. The highest BCUT2D eigenvalue weighted by Crippen LogP contribution is 2.37. The Balaban J connectivity index is 0.00000187. The van der Waals surface area contributed by atoms with Gasteiger partial charge in [-0.05, 0) is 47.8 Å². The molecule has 0 radical (unpaired) electrons. The van der Waals surface area contributed by atoms with Crippen molar-refractivity contribution < 1.29 is 0 Å². The van der Waals surface area contributed by atoms with Gasteiger partial charge in [-0.3, -0.25) is 0 Å². The fourth-order valence-corrected chi connectivity index (χ4v) is 5.00. The third-order valence-corrected chi connectivity index (χ3v) is 6.58. The summed E-state index contributed by atoms with van der Waals surface area (Å²) in [5, 5.41) is 0. The van der Waals surface area contributed by atoms with Crippen molar-refractivity contribution in [2.75, 3.05) is 0 Å². The first-order valence-corrected chi connectivity index (χ1v) is 12.9. The van der Waals surface area contributed by atoms with E-state index in [0.717, 1.165) is 19.3 Å².